The Morgan fingerprint density at radius 3 is 2.31 bits per heavy atom. The molecule has 1 saturated carbocycles. The van der Waals surface area contributed by atoms with Crippen molar-refractivity contribution in [3.8, 4) is 5.75 Å². The number of alkyl carbamates (subject to hydrolysis) is 1. The van der Waals surface area contributed by atoms with Crippen LogP contribution in [0.3, 0.4) is 0 Å². The number of rotatable bonds is 9. The number of primary amides is 1. The second-order valence-corrected chi connectivity index (χ2v) is 10.5. The summed E-state index contributed by atoms with van der Waals surface area (Å²) in [6.07, 6.45) is 3.47. The van der Waals surface area contributed by atoms with Crippen LogP contribution in [-0.4, -0.2) is 57.5 Å². The monoisotopic (exact) mass is 504 g/mol. The number of phenolic OH excluding ortho intramolecular Hbond substituents is 1. The van der Waals surface area contributed by atoms with Gasteiger partial charge in [-0.1, -0.05) is 31.4 Å². The third-order valence-electron chi connectivity index (χ3n) is 5.87. The fourth-order valence-corrected chi connectivity index (χ4v) is 4.37. The Balaban J connectivity index is 2.44. The molecule has 200 valence electrons. The molecule has 2 atom stereocenters. The lowest BCUT2D eigenvalue weighted by Gasteiger charge is -2.38. The third-order valence-corrected chi connectivity index (χ3v) is 5.87. The molecular weight excluding hydrogens is 464 g/mol. The van der Waals surface area contributed by atoms with Gasteiger partial charge >= 0.3 is 6.09 Å². The third kappa shape index (κ3) is 8.73. The van der Waals surface area contributed by atoms with Gasteiger partial charge in [-0.05, 0) is 65.2 Å². The maximum Gasteiger partial charge on any atom is 0.408 e. The number of carbonyl (C=O) groups excluding carboxylic acids is 4. The van der Waals surface area contributed by atoms with Gasteiger partial charge in [0.1, 0.15) is 23.4 Å². The van der Waals surface area contributed by atoms with Crippen molar-refractivity contribution in [1.82, 2.24) is 15.5 Å². The number of carbonyl (C=O) groups is 4. The first kappa shape index (κ1) is 28.9. The van der Waals surface area contributed by atoms with Crippen LogP contribution in [0.2, 0.25) is 0 Å². The van der Waals surface area contributed by atoms with Gasteiger partial charge in [0.2, 0.25) is 17.7 Å². The zero-order chi connectivity index (χ0) is 27.0. The Hall–Kier alpha value is -3.30. The Morgan fingerprint density at radius 2 is 1.78 bits per heavy atom. The summed E-state index contributed by atoms with van der Waals surface area (Å²) in [4.78, 5) is 53.0. The van der Waals surface area contributed by atoms with E-state index in [0.717, 1.165) is 32.1 Å². The lowest BCUT2D eigenvalue weighted by molar-refractivity contribution is -0.145. The number of amides is 4. The van der Waals surface area contributed by atoms with Gasteiger partial charge in [0.05, 0.1) is 6.42 Å². The Labute approximate surface area is 212 Å². The van der Waals surface area contributed by atoms with Crippen LogP contribution in [0, 0.1) is 0 Å². The summed E-state index contributed by atoms with van der Waals surface area (Å²) in [6.45, 7) is 8.48. The Morgan fingerprint density at radius 1 is 1.14 bits per heavy atom. The van der Waals surface area contributed by atoms with E-state index in [0.29, 0.717) is 5.56 Å². The van der Waals surface area contributed by atoms with E-state index >= 15 is 0 Å². The molecule has 1 aromatic rings. The van der Waals surface area contributed by atoms with Gasteiger partial charge in [-0.15, -0.1) is 0 Å². The van der Waals surface area contributed by atoms with Crippen LogP contribution in [0.15, 0.2) is 24.3 Å². The number of hydrogen-bond donors (Lipinski definition) is 4. The molecule has 36 heavy (non-hydrogen) atoms. The number of hydrogen-bond acceptors (Lipinski definition) is 6. The van der Waals surface area contributed by atoms with E-state index in [2.05, 4.69) is 10.6 Å². The molecule has 1 aromatic carbocycles. The van der Waals surface area contributed by atoms with Crippen LogP contribution in [0.5, 0.6) is 5.75 Å². The van der Waals surface area contributed by atoms with Crippen LogP contribution in [0.25, 0.3) is 0 Å². The molecule has 1 fully saturated rings. The van der Waals surface area contributed by atoms with E-state index in [9.17, 15) is 24.3 Å². The SMILES string of the molecule is CC(C)N(C(=O)C(CC(N)=O)NC(=O)OC(C)(C)C)C(C(=O)NC1CCCCC1)c1cccc(O)c1. The smallest absolute Gasteiger partial charge is 0.408 e. The summed E-state index contributed by atoms with van der Waals surface area (Å²) in [5.41, 5.74) is 4.96. The Bertz CT molecular complexity index is 937. The number of nitrogens with zero attached hydrogens (tertiary/aromatic N) is 1. The minimum Gasteiger partial charge on any atom is -0.508 e. The Kier molecular flexibility index (Phi) is 10.1. The first-order valence-electron chi connectivity index (χ1n) is 12.5. The van der Waals surface area contributed by atoms with E-state index in [1.165, 1.54) is 17.0 Å². The lowest BCUT2D eigenvalue weighted by Crippen LogP contribution is -2.56. The van der Waals surface area contributed by atoms with Gasteiger partial charge < -0.3 is 31.1 Å². The van der Waals surface area contributed by atoms with Crippen molar-refractivity contribution in [2.45, 2.75) is 103 Å². The minimum atomic E-state index is -1.35. The topological polar surface area (TPSA) is 151 Å². The average molecular weight is 505 g/mol. The van der Waals surface area contributed by atoms with Crippen molar-refractivity contribution in [1.29, 1.82) is 0 Å². The predicted molar refractivity (Wildman–Crippen MR) is 135 cm³/mol. The molecule has 2 unspecified atom stereocenters. The number of benzene rings is 1. The average Bonchev–Trinajstić information content (AvgIpc) is 2.75. The molecule has 0 aromatic heterocycles. The minimum absolute atomic E-state index is 0.0171. The van der Waals surface area contributed by atoms with Crippen molar-refractivity contribution in [2.24, 2.45) is 5.73 Å². The standard InChI is InChI=1S/C26H40N4O6/c1-16(2)30(24(34)20(15-21(27)32)29-25(35)36-26(3,4)5)22(17-10-9-13-19(31)14-17)23(33)28-18-11-7-6-8-12-18/h9-10,13-14,16,18,20,22,31H,6-8,11-12,15H2,1-5H3,(H2,27,32)(H,28,33)(H,29,35). The van der Waals surface area contributed by atoms with Crippen molar-refractivity contribution < 1.29 is 29.0 Å². The molecule has 10 nitrogen and oxygen atoms in total. The molecule has 0 bridgehead atoms. The summed E-state index contributed by atoms with van der Waals surface area (Å²) in [5, 5.41) is 15.6. The first-order chi connectivity index (χ1) is 16.8. The van der Waals surface area contributed by atoms with E-state index in [4.69, 9.17) is 10.5 Å². The lowest BCUT2D eigenvalue weighted by atomic mass is 9.94. The fraction of sp³-hybridized carbons (Fsp3) is 0.615. The molecule has 2 rings (SSSR count). The van der Waals surface area contributed by atoms with Crippen molar-refractivity contribution >= 4 is 23.8 Å². The highest BCUT2D eigenvalue weighted by Crippen LogP contribution is 2.29. The van der Waals surface area contributed by atoms with E-state index in [1.54, 1.807) is 46.8 Å². The van der Waals surface area contributed by atoms with Gasteiger partial charge in [0, 0.05) is 12.1 Å². The van der Waals surface area contributed by atoms with E-state index < -0.39 is 54.0 Å². The molecule has 0 heterocycles. The van der Waals surface area contributed by atoms with Gasteiger partial charge in [-0.2, -0.15) is 0 Å². The van der Waals surface area contributed by atoms with E-state index in [1.807, 2.05) is 0 Å². The van der Waals surface area contributed by atoms with Crippen molar-refractivity contribution in [3.05, 3.63) is 29.8 Å². The molecule has 4 amide bonds. The highest BCUT2D eigenvalue weighted by atomic mass is 16.6. The van der Waals surface area contributed by atoms with Crippen molar-refractivity contribution in [3.63, 3.8) is 0 Å². The largest absolute Gasteiger partial charge is 0.508 e. The quantitative estimate of drug-likeness (QED) is 0.406. The maximum absolute atomic E-state index is 13.8. The zero-order valence-corrected chi connectivity index (χ0v) is 21.9. The molecule has 10 heteroatoms. The molecule has 0 spiro atoms. The van der Waals surface area contributed by atoms with Crippen LogP contribution >= 0.6 is 0 Å². The summed E-state index contributed by atoms with van der Waals surface area (Å²) < 4.78 is 5.26. The molecule has 0 saturated heterocycles. The zero-order valence-electron chi connectivity index (χ0n) is 21.9. The van der Waals surface area contributed by atoms with Crippen molar-refractivity contribution in [2.75, 3.05) is 0 Å². The molecular formula is C26H40N4O6. The molecule has 1 aliphatic rings. The van der Waals surface area contributed by atoms with E-state index in [-0.39, 0.29) is 11.8 Å². The normalized spacial score (nSPS) is 16.1. The number of ether oxygens (including phenoxy) is 1. The second-order valence-electron chi connectivity index (χ2n) is 10.5. The van der Waals surface area contributed by atoms with Crippen LogP contribution in [0.1, 0.15) is 84.7 Å². The summed E-state index contributed by atoms with van der Waals surface area (Å²) in [5.74, 6) is -1.92. The van der Waals surface area contributed by atoms with Crippen LogP contribution < -0.4 is 16.4 Å². The van der Waals surface area contributed by atoms with Crippen LogP contribution in [-0.2, 0) is 19.1 Å². The summed E-state index contributed by atoms with van der Waals surface area (Å²) in [6, 6.07) is 3.17. The first-order valence-corrected chi connectivity index (χ1v) is 12.5. The summed E-state index contributed by atoms with van der Waals surface area (Å²) >= 11 is 0. The number of nitrogens with one attached hydrogen (secondary N) is 2. The second kappa shape index (κ2) is 12.6. The van der Waals surface area contributed by atoms with Crippen LogP contribution in [0.4, 0.5) is 4.79 Å². The highest BCUT2D eigenvalue weighted by molar-refractivity contribution is 5.94. The molecule has 0 radical (unpaired) electrons. The van der Waals surface area contributed by atoms with Gasteiger partial charge in [-0.3, -0.25) is 14.4 Å². The van der Waals surface area contributed by atoms with Gasteiger partial charge in [-0.25, -0.2) is 4.79 Å². The van der Waals surface area contributed by atoms with Gasteiger partial charge in [0.15, 0.2) is 0 Å². The fourth-order valence-electron chi connectivity index (χ4n) is 4.37. The molecule has 5 N–H and O–H groups in total. The molecule has 1 aliphatic carbocycles. The number of aromatic hydroxyl groups is 1. The highest BCUT2D eigenvalue weighted by Gasteiger charge is 2.39. The molecule has 0 aliphatic heterocycles. The number of nitrogens with two attached hydrogens (primary N) is 1. The van der Waals surface area contributed by atoms with Gasteiger partial charge in [0.25, 0.3) is 0 Å². The number of phenols is 1. The predicted octanol–water partition coefficient (Wildman–Crippen LogP) is 2.89. The summed E-state index contributed by atoms with van der Waals surface area (Å²) in [7, 11) is 0. The maximum atomic E-state index is 13.8.